The predicted octanol–water partition coefficient (Wildman–Crippen LogP) is 5.38. The highest BCUT2D eigenvalue weighted by Gasteiger charge is 2.06. The first-order chi connectivity index (χ1) is 9.58. The van der Waals surface area contributed by atoms with E-state index in [0.29, 0.717) is 5.28 Å². The molecule has 0 atom stereocenters. The van der Waals surface area contributed by atoms with E-state index in [4.69, 9.17) is 11.6 Å². The number of halogens is 1. The van der Waals surface area contributed by atoms with E-state index in [9.17, 15) is 0 Å². The topological polar surface area (TPSA) is 17.8 Å². The molecule has 2 rings (SSSR count). The average Bonchev–Trinajstić information content (AvgIpc) is 2.71. The first-order valence-corrected chi connectivity index (χ1v) is 7.35. The molecule has 1 heterocycles. The summed E-state index contributed by atoms with van der Waals surface area (Å²) in [6.45, 7) is 7.22. The number of rotatable bonds is 5. The number of benzene rings is 1. The molecule has 0 radical (unpaired) electrons. The Labute approximate surface area is 125 Å². The van der Waals surface area contributed by atoms with Crippen LogP contribution in [0.1, 0.15) is 33.6 Å². The number of imidazole rings is 1. The van der Waals surface area contributed by atoms with Crippen LogP contribution in [0.15, 0.2) is 47.6 Å². The monoisotopic (exact) mass is 288 g/mol. The van der Waals surface area contributed by atoms with Gasteiger partial charge in [-0.25, -0.2) is 4.98 Å². The molecular weight excluding hydrogens is 268 g/mol. The van der Waals surface area contributed by atoms with Crippen LogP contribution in [0.2, 0.25) is 5.28 Å². The van der Waals surface area contributed by atoms with Crippen LogP contribution in [0.5, 0.6) is 0 Å². The molecule has 2 nitrogen and oxygen atoms in total. The van der Waals surface area contributed by atoms with Crippen LogP contribution in [0.4, 0.5) is 0 Å². The molecule has 1 aromatic carbocycles. The van der Waals surface area contributed by atoms with Crippen molar-refractivity contribution < 1.29 is 0 Å². The minimum Gasteiger partial charge on any atom is -0.311 e. The largest absolute Gasteiger partial charge is 0.311 e. The van der Waals surface area contributed by atoms with Gasteiger partial charge in [0, 0.05) is 6.54 Å². The minimum absolute atomic E-state index is 0.555. The van der Waals surface area contributed by atoms with Crippen LogP contribution in [0.3, 0.4) is 0 Å². The molecule has 20 heavy (non-hydrogen) atoms. The number of aromatic nitrogens is 2. The first kappa shape index (κ1) is 14.9. The van der Waals surface area contributed by atoms with Crippen molar-refractivity contribution in [2.75, 3.05) is 0 Å². The lowest BCUT2D eigenvalue weighted by Gasteiger charge is -2.04. The smallest absolute Gasteiger partial charge is 0.204 e. The Morgan fingerprint density at radius 3 is 2.70 bits per heavy atom. The van der Waals surface area contributed by atoms with E-state index in [2.05, 4.69) is 44.0 Å². The van der Waals surface area contributed by atoms with Gasteiger partial charge in [-0.1, -0.05) is 35.4 Å². The summed E-state index contributed by atoms with van der Waals surface area (Å²) in [5.41, 5.74) is 4.80. The van der Waals surface area contributed by atoms with Gasteiger partial charge in [-0.2, -0.15) is 0 Å². The van der Waals surface area contributed by atoms with Crippen molar-refractivity contribution in [1.29, 1.82) is 0 Å². The fourth-order valence-electron chi connectivity index (χ4n) is 2.16. The zero-order valence-electron chi connectivity index (χ0n) is 12.4. The minimum atomic E-state index is 0.555. The second-order valence-electron chi connectivity index (χ2n) is 5.35. The van der Waals surface area contributed by atoms with E-state index in [1.54, 1.807) is 0 Å². The van der Waals surface area contributed by atoms with Gasteiger partial charge in [-0.3, -0.25) is 0 Å². The van der Waals surface area contributed by atoms with Crippen LogP contribution in [-0.4, -0.2) is 9.55 Å². The summed E-state index contributed by atoms with van der Waals surface area (Å²) in [4.78, 5) is 4.37. The third-order valence-electron chi connectivity index (χ3n) is 3.32. The Hall–Kier alpha value is -1.54. The SMILES string of the molecule is CC(C)=CCCC(C)=CCn1c(Cl)nc2ccccc21. The number of nitrogens with zero attached hydrogens (tertiary/aromatic N) is 2. The second-order valence-corrected chi connectivity index (χ2v) is 5.69. The van der Waals surface area contributed by atoms with E-state index in [1.807, 2.05) is 22.8 Å². The summed E-state index contributed by atoms with van der Waals surface area (Å²) in [5, 5.41) is 0.555. The Balaban J connectivity index is 2.08. The molecule has 0 spiro atoms. The summed E-state index contributed by atoms with van der Waals surface area (Å²) in [7, 11) is 0. The van der Waals surface area contributed by atoms with E-state index in [-0.39, 0.29) is 0 Å². The van der Waals surface area contributed by atoms with Gasteiger partial charge >= 0.3 is 0 Å². The summed E-state index contributed by atoms with van der Waals surface area (Å²) < 4.78 is 2.04. The lowest BCUT2D eigenvalue weighted by molar-refractivity contribution is 0.831. The Bertz CT molecular complexity index is 646. The molecule has 0 unspecified atom stereocenters. The molecule has 0 aliphatic rings. The van der Waals surface area contributed by atoms with Crippen LogP contribution in [-0.2, 0) is 6.54 Å². The highest BCUT2D eigenvalue weighted by molar-refractivity contribution is 6.29. The van der Waals surface area contributed by atoms with Gasteiger partial charge in [-0.15, -0.1) is 0 Å². The molecule has 0 saturated carbocycles. The van der Waals surface area contributed by atoms with Crippen LogP contribution in [0, 0.1) is 0 Å². The van der Waals surface area contributed by atoms with Gasteiger partial charge in [0.15, 0.2) is 0 Å². The standard InChI is InChI=1S/C17H21ClN2/c1-13(2)7-6-8-14(3)11-12-20-16-10-5-4-9-15(16)19-17(20)18/h4-5,7,9-11H,6,8,12H2,1-3H3. The van der Waals surface area contributed by atoms with Crippen molar-refractivity contribution in [3.05, 3.63) is 52.8 Å². The molecule has 0 saturated heterocycles. The highest BCUT2D eigenvalue weighted by Crippen LogP contribution is 2.20. The van der Waals surface area contributed by atoms with E-state index < -0.39 is 0 Å². The van der Waals surface area contributed by atoms with E-state index in [0.717, 1.165) is 30.4 Å². The van der Waals surface area contributed by atoms with E-state index >= 15 is 0 Å². The second kappa shape index (κ2) is 6.76. The molecule has 0 fully saturated rings. The van der Waals surface area contributed by atoms with Gasteiger partial charge in [0.2, 0.25) is 5.28 Å². The van der Waals surface area contributed by atoms with Crippen LogP contribution < -0.4 is 0 Å². The van der Waals surface area contributed by atoms with Crippen molar-refractivity contribution in [3.8, 4) is 0 Å². The van der Waals surface area contributed by atoms with Gasteiger partial charge in [0.05, 0.1) is 11.0 Å². The van der Waals surface area contributed by atoms with Crippen molar-refractivity contribution in [1.82, 2.24) is 9.55 Å². The van der Waals surface area contributed by atoms with E-state index in [1.165, 1.54) is 11.1 Å². The maximum Gasteiger partial charge on any atom is 0.204 e. The Morgan fingerprint density at radius 2 is 1.95 bits per heavy atom. The van der Waals surface area contributed by atoms with Crippen molar-refractivity contribution in [2.45, 2.75) is 40.2 Å². The molecule has 0 aliphatic heterocycles. The summed E-state index contributed by atoms with van der Waals surface area (Å²) in [6, 6.07) is 8.04. The molecule has 1 aromatic heterocycles. The zero-order chi connectivity index (χ0) is 14.5. The molecule has 0 N–H and O–H groups in total. The number of hydrogen-bond acceptors (Lipinski definition) is 1. The molecule has 0 amide bonds. The zero-order valence-corrected chi connectivity index (χ0v) is 13.1. The summed E-state index contributed by atoms with van der Waals surface area (Å²) in [5.74, 6) is 0. The fraction of sp³-hybridized carbons (Fsp3) is 0.353. The maximum absolute atomic E-state index is 6.21. The Morgan fingerprint density at radius 1 is 1.20 bits per heavy atom. The molecule has 106 valence electrons. The Kier molecular flexibility index (Phi) is 5.02. The average molecular weight is 289 g/mol. The number of fused-ring (bicyclic) bond motifs is 1. The lowest BCUT2D eigenvalue weighted by atomic mass is 10.1. The normalized spacial score (nSPS) is 11.9. The lowest BCUT2D eigenvalue weighted by Crippen LogP contribution is -1.96. The molecule has 0 bridgehead atoms. The van der Waals surface area contributed by atoms with Gasteiger partial charge < -0.3 is 4.57 Å². The fourth-order valence-corrected chi connectivity index (χ4v) is 2.41. The van der Waals surface area contributed by atoms with Crippen LogP contribution in [0.25, 0.3) is 11.0 Å². The number of hydrogen-bond donors (Lipinski definition) is 0. The number of allylic oxidation sites excluding steroid dienone is 4. The third kappa shape index (κ3) is 3.73. The van der Waals surface area contributed by atoms with Gasteiger partial charge in [0.1, 0.15) is 0 Å². The third-order valence-corrected chi connectivity index (χ3v) is 3.61. The molecule has 2 aromatic rings. The van der Waals surface area contributed by atoms with Crippen LogP contribution >= 0.6 is 11.6 Å². The maximum atomic E-state index is 6.21. The first-order valence-electron chi connectivity index (χ1n) is 6.97. The molecule has 3 heteroatoms. The summed E-state index contributed by atoms with van der Waals surface area (Å²) in [6.07, 6.45) is 6.70. The quantitative estimate of drug-likeness (QED) is 0.675. The molecule has 0 aliphatic carbocycles. The van der Waals surface area contributed by atoms with Gasteiger partial charge in [-0.05, 0) is 57.3 Å². The predicted molar refractivity (Wildman–Crippen MR) is 87.2 cm³/mol. The summed E-state index contributed by atoms with van der Waals surface area (Å²) >= 11 is 6.21. The number of para-hydroxylation sites is 2. The van der Waals surface area contributed by atoms with Crippen molar-refractivity contribution in [3.63, 3.8) is 0 Å². The molecular formula is C17H21ClN2. The van der Waals surface area contributed by atoms with Gasteiger partial charge in [0.25, 0.3) is 0 Å². The highest BCUT2D eigenvalue weighted by atomic mass is 35.5. The van der Waals surface area contributed by atoms with Crippen molar-refractivity contribution >= 4 is 22.6 Å². The van der Waals surface area contributed by atoms with Crippen molar-refractivity contribution in [2.24, 2.45) is 0 Å².